The number of benzene rings is 3. The third kappa shape index (κ3) is 4.62. The minimum Gasteiger partial charge on any atom is -0.370 e. The van der Waals surface area contributed by atoms with Crippen LogP contribution in [0.5, 0.6) is 0 Å². The molecule has 0 saturated carbocycles. The predicted molar refractivity (Wildman–Crippen MR) is 130 cm³/mol. The summed E-state index contributed by atoms with van der Waals surface area (Å²) in [6.45, 7) is 2.12. The van der Waals surface area contributed by atoms with E-state index in [9.17, 15) is 4.79 Å². The summed E-state index contributed by atoms with van der Waals surface area (Å²) in [5.74, 6) is 0.698. The minimum absolute atomic E-state index is 0.287. The van der Waals surface area contributed by atoms with E-state index in [0.29, 0.717) is 11.5 Å². The smallest absolute Gasteiger partial charge is 0.323 e. The van der Waals surface area contributed by atoms with Gasteiger partial charge in [0, 0.05) is 36.2 Å². The Labute approximate surface area is 186 Å². The number of hydrogen-bond acceptors (Lipinski definition) is 5. The summed E-state index contributed by atoms with van der Waals surface area (Å²) in [5.41, 5.74) is 3.41. The third-order valence-corrected chi connectivity index (χ3v) is 5.53. The molecule has 7 nitrogen and oxygen atoms in total. The summed E-state index contributed by atoms with van der Waals surface area (Å²) in [4.78, 5) is 14.7. The molecular weight excluding hydrogens is 400 g/mol. The number of nitrogens with one attached hydrogen (secondary N) is 3. The monoisotopic (exact) mass is 424 g/mol. The molecule has 0 radical (unpaired) electrons. The molecule has 7 heteroatoms. The molecule has 0 atom stereocenters. The second-order valence-electron chi connectivity index (χ2n) is 7.84. The van der Waals surface area contributed by atoms with Crippen LogP contribution in [-0.4, -0.2) is 29.3 Å². The van der Waals surface area contributed by atoms with Crippen molar-refractivity contribution < 1.29 is 4.79 Å². The third-order valence-electron chi connectivity index (χ3n) is 5.53. The lowest BCUT2D eigenvalue weighted by Gasteiger charge is -2.17. The Balaban J connectivity index is 1.20. The molecule has 3 N–H and O–H groups in total. The van der Waals surface area contributed by atoms with E-state index in [4.69, 9.17) is 0 Å². The van der Waals surface area contributed by atoms with Gasteiger partial charge in [0.25, 0.3) is 0 Å². The Morgan fingerprint density at radius 2 is 1.47 bits per heavy atom. The number of nitrogens with zero attached hydrogens (tertiary/aromatic N) is 3. The Morgan fingerprint density at radius 3 is 2.28 bits per heavy atom. The molecule has 0 aliphatic carbocycles. The van der Waals surface area contributed by atoms with Gasteiger partial charge in [0.05, 0.1) is 11.9 Å². The highest BCUT2D eigenvalue weighted by atomic mass is 16.2. The highest BCUT2D eigenvalue weighted by Crippen LogP contribution is 2.24. The summed E-state index contributed by atoms with van der Waals surface area (Å²) in [5, 5.41) is 19.5. The molecule has 1 aliphatic heterocycles. The number of fused-ring (bicyclic) bond motifs is 1. The van der Waals surface area contributed by atoms with Crippen molar-refractivity contribution in [3.63, 3.8) is 0 Å². The molecule has 1 fully saturated rings. The van der Waals surface area contributed by atoms with Crippen LogP contribution in [0.2, 0.25) is 0 Å². The van der Waals surface area contributed by atoms with Crippen LogP contribution in [0.15, 0.2) is 79.0 Å². The topological polar surface area (TPSA) is 82.2 Å². The summed E-state index contributed by atoms with van der Waals surface area (Å²) in [7, 11) is 0. The van der Waals surface area contributed by atoms with E-state index < -0.39 is 0 Å². The van der Waals surface area contributed by atoms with Gasteiger partial charge in [-0.05, 0) is 60.0 Å². The van der Waals surface area contributed by atoms with Crippen molar-refractivity contribution >= 4 is 45.4 Å². The SMILES string of the molecule is O=C(Nc1ccc(Nc2cc(N3CCCC3)cnn2)cc1)Nc1ccc2ccccc2c1. The van der Waals surface area contributed by atoms with E-state index in [0.717, 1.165) is 40.9 Å². The van der Waals surface area contributed by atoms with Gasteiger partial charge in [-0.2, -0.15) is 5.10 Å². The number of amides is 2. The summed E-state index contributed by atoms with van der Waals surface area (Å²) < 4.78 is 0. The van der Waals surface area contributed by atoms with Crippen molar-refractivity contribution in [2.45, 2.75) is 12.8 Å². The standard InChI is InChI=1S/C25H24N6O/c32-25(29-22-8-7-18-5-1-2-6-19(18)15-22)28-21-11-9-20(10-12-21)27-24-16-23(17-26-30-24)31-13-3-4-14-31/h1-2,5-12,15-17H,3-4,13-14H2,(H,27,30)(H2,28,29,32). The zero-order chi connectivity index (χ0) is 21.8. The zero-order valence-electron chi connectivity index (χ0n) is 17.6. The maximum Gasteiger partial charge on any atom is 0.323 e. The second kappa shape index (κ2) is 8.93. The number of anilines is 5. The molecule has 32 heavy (non-hydrogen) atoms. The fourth-order valence-corrected chi connectivity index (χ4v) is 3.91. The van der Waals surface area contributed by atoms with Crippen molar-refractivity contribution in [2.24, 2.45) is 0 Å². The van der Waals surface area contributed by atoms with Crippen molar-refractivity contribution in [3.05, 3.63) is 79.0 Å². The molecule has 0 spiro atoms. The van der Waals surface area contributed by atoms with Gasteiger partial charge in [-0.25, -0.2) is 4.79 Å². The van der Waals surface area contributed by atoms with Gasteiger partial charge in [0.1, 0.15) is 0 Å². The molecule has 2 amide bonds. The highest BCUT2D eigenvalue weighted by Gasteiger charge is 2.13. The average Bonchev–Trinajstić information content (AvgIpc) is 3.36. The van der Waals surface area contributed by atoms with Crippen LogP contribution in [0.25, 0.3) is 10.8 Å². The van der Waals surface area contributed by atoms with E-state index >= 15 is 0 Å². The van der Waals surface area contributed by atoms with Crippen LogP contribution in [0.4, 0.5) is 33.4 Å². The number of carbonyl (C=O) groups excluding carboxylic acids is 1. The molecule has 1 aliphatic rings. The van der Waals surface area contributed by atoms with Gasteiger partial charge in [0.2, 0.25) is 0 Å². The summed E-state index contributed by atoms with van der Waals surface area (Å²) >= 11 is 0. The lowest BCUT2D eigenvalue weighted by molar-refractivity contribution is 0.262. The number of rotatable bonds is 5. The number of carbonyl (C=O) groups is 1. The predicted octanol–water partition coefficient (Wildman–Crippen LogP) is 5.62. The molecule has 5 rings (SSSR count). The second-order valence-corrected chi connectivity index (χ2v) is 7.84. The van der Waals surface area contributed by atoms with Gasteiger partial charge >= 0.3 is 6.03 Å². The molecule has 2 heterocycles. The quantitative estimate of drug-likeness (QED) is 0.387. The maximum atomic E-state index is 12.4. The van der Waals surface area contributed by atoms with Gasteiger partial charge in [-0.15, -0.1) is 5.10 Å². The van der Waals surface area contributed by atoms with E-state index in [1.807, 2.05) is 72.8 Å². The summed E-state index contributed by atoms with van der Waals surface area (Å²) in [6.07, 6.45) is 4.24. The molecule has 160 valence electrons. The first-order chi connectivity index (χ1) is 15.7. The van der Waals surface area contributed by atoms with E-state index in [1.165, 1.54) is 12.8 Å². The Bertz CT molecular complexity index is 1230. The van der Waals surface area contributed by atoms with Gasteiger partial charge in [-0.1, -0.05) is 30.3 Å². The largest absolute Gasteiger partial charge is 0.370 e. The van der Waals surface area contributed by atoms with Crippen molar-refractivity contribution in [1.29, 1.82) is 0 Å². The van der Waals surface area contributed by atoms with Crippen LogP contribution >= 0.6 is 0 Å². The lowest BCUT2D eigenvalue weighted by atomic mass is 10.1. The van der Waals surface area contributed by atoms with Crippen LogP contribution in [0.3, 0.4) is 0 Å². The first kappa shape index (κ1) is 19.8. The first-order valence-electron chi connectivity index (χ1n) is 10.7. The number of hydrogen-bond donors (Lipinski definition) is 3. The van der Waals surface area contributed by atoms with E-state index in [1.54, 1.807) is 6.20 Å². The molecule has 4 aromatic rings. The summed E-state index contributed by atoms with van der Waals surface area (Å²) in [6, 6.07) is 23.1. The minimum atomic E-state index is -0.287. The van der Waals surface area contributed by atoms with Crippen LogP contribution in [0.1, 0.15) is 12.8 Å². The zero-order valence-corrected chi connectivity index (χ0v) is 17.6. The molecule has 0 bridgehead atoms. The van der Waals surface area contributed by atoms with Gasteiger partial charge in [-0.3, -0.25) is 0 Å². The van der Waals surface area contributed by atoms with Crippen molar-refractivity contribution in [3.8, 4) is 0 Å². The normalized spacial score (nSPS) is 13.2. The van der Waals surface area contributed by atoms with Gasteiger partial charge in [0.15, 0.2) is 5.82 Å². The molecular formula is C25H24N6O. The molecule has 3 aromatic carbocycles. The molecule has 1 saturated heterocycles. The van der Waals surface area contributed by atoms with Crippen molar-refractivity contribution in [1.82, 2.24) is 10.2 Å². The average molecular weight is 425 g/mol. The Kier molecular flexibility index (Phi) is 5.53. The van der Waals surface area contributed by atoms with Crippen LogP contribution in [0, 0.1) is 0 Å². The molecule has 0 unspecified atom stereocenters. The molecule has 1 aromatic heterocycles. The number of urea groups is 1. The van der Waals surface area contributed by atoms with E-state index in [-0.39, 0.29) is 6.03 Å². The fourth-order valence-electron chi connectivity index (χ4n) is 3.91. The van der Waals surface area contributed by atoms with Crippen LogP contribution < -0.4 is 20.9 Å². The van der Waals surface area contributed by atoms with Crippen molar-refractivity contribution in [2.75, 3.05) is 33.9 Å². The fraction of sp³-hybridized carbons (Fsp3) is 0.160. The Hall–Kier alpha value is -4.13. The van der Waals surface area contributed by atoms with Gasteiger partial charge < -0.3 is 20.9 Å². The van der Waals surface area contributed by atoms with E-state index in [2.05, 4.69) is 31.0 Å². The number of aromatic nitrogens is 2. The maximum absolute atomic E-state index is 12.4. The highest BCUT2D eigenvalue weighted by molar-refractivity contribution is 6.01. The first-order valence-corrected chi connectivity index (χ1v) is 10.7. The van der Waals surface area contributed by atoms with Crippen LogP contribution in [-0.2, 0) is 0 Å². The Morgan fingerprint density at radius 1 is 0.781 bits per heavy atom. The lowest BCUT2D eigenvalue weighted by Crippen LogP contribution is -2.19.